The molecule has 21 heavy (non-hydrogen) atoms. The van der Waals surface area contributed by atoms with Crippen LogP contribution in [0.15, 0.2) is 11.6 Å². The summed E-state index contributed by atoms with van der Waals surface area (Å²) in [5, 5.41) is 0. The molecule has 0 aliphatic heterocycles. The minimum atomic E-state index is -4.90. The lowest BCUT2D eigenvalue weighted by atomic mass is 9.77. The molecule has 0 N–H and O–H groups in total. The van der Waals surface area contributed by atoms with E-state index in [1.165, 1.54) is 13.8 Å². The average Bonchev–Trinajstić information content (AvgIpc) is 2.37. The fourth-order valence-electron chi connectivity index (χ4n) is 2.12. The highest BCUT2D eigenvalue weighted by Gasteiger charge is 2.51. The third kappa shape index (κ3) is 4.05. The third-order valence-electron chi connectivity index (χ3n) is 2.93. The lowest BCUT2D eigenvalue weighted by molar-refractivity contribution is -0.165. The van der Waals surface area contributed by atoms with E-state index in [-0.39, 0.29) is 13.2 Å². The summed E-state index contributed by atoms with van der Waals surface area (Å²) in [7, 11) is 0. The van der Waals surface area contributed by atoms with E-state index in [0.717, 1.165) is 0 Å². The average molecular weight is 308 g/mol. The van der Waals surface area contributed by atoms with E-state index >= 15 is 0 Å². The lowest BCUT2D eigenvalue weighted by Gasteiger charge is -2.29. The molecule has 0 spiro atoms. The Kier molecular flexibility index (Phi) is 5.51. The van der Waals surface area contributed by atoms with Gasteiger partial charge in [0.1, 0.15) is 5.92 Å². The highest BCUT2D eigenvalue weighted by Crippen LogP contribution is 2.40. The number of ether oxygens (including phenoxy) is 2. The number of esters is 2. The minimum Gasteiger partial charge on any atom is -0.466 e. The largest absolute Gasteiger partial charge is 0.466 e. The first-order chi connectivity index (χ1) is 9.72. The summed E-state index contributed by atoms with van der Waals surface area (Å²) in [5.74, 6) is -6.47. The van der Waals surface area contributed by atoms with Gasteiger partial charge in [-0.15, -0.1) is 0 Å². The first kappa shape index (κ1) is 17.2. The molecule has 118 valence electrons. The van der Waals surface area contributed by atoms with Gasteiger partial charge in [-0.05, 0) is 19.9 Å². The van der Waals surface area contributed by atoms with Crippen LogP contribution in [0, 0.1) is 11.8 Å². The predicted octanol–water partition coefficient (Wildman–Crippen LogP) is 1.81. The summed E-state index contributed by atoms with van der Waals surface area (Å²) in [6, 6.07) is 0. The summed E-state index contributed by atoms with van der Waals surface area (Å²) >= 11 is 0. The Morgan fingerprint density at radius 2 is 1.71 bits per heavy atom. The maximum atomic E-state index is 13.0. The van der Waals surface area contributed by atoms with Gasteiger partial charge in [0, 0.05) is 6.42 Å². The van der Waals surface area contributed by atoms with Crippen molar-refractivity contribution in [3.63, 3.8) is 0 Å². The van der Waals surface area contributed by atoms with E-state index in [1.54, 1.807) is 0 Å². The van der Waals surface area contributed by atoms with Gasteiger partial charge in [0.25, 0.3) is 0 Å². The van der Waals surface area contributed by atoms with Crippen molar-refractivity contribution in [2.24, 2.45) is 11.8 Å². The molecule has 0 bridgehead atoms. The summed E-state index contributed by atoms with van der Waals surface area (Å²) in [6.07, 6.45) is -5.06. The molecule has 1 rings (SSSR count). The number of rotatable bonds is 4. The molecule has 1 aliphatic carbocycles. The SMILES string of the molecule is CCOC(=O)C1CC(=O)C=C(C(F)(F)F)C1C(=O)OCC. The topological polar surface area (TPSA) is 69.7 Å². The van der Waals surface area contributed by atoms with Crippen LogP contribution in [0.25, 0.3) is 0 Å². The molecule has 0 heterocycles. The van der Waals surface area contributed by atoms with Crippen LogP contribution in [0.5, 0.6) is 0 Å². The predicted molar refractivity (Wildman–Crippen MR) is 64.0 cm³/mol. The number of carbonyl (C=O) groups excluding carboxylic acids is 3. The molecule has 1 aliphatic rings. The van der Waals surface area contributed by atoms with Crippen LogP contribution in [-0.2, 0) is 23.9 Å². The number of allylic oxidation sites excluding steroid dienone is 1. The van der Waals surface area contributed by atoms with Crippen LogP contribution >= 0.6 is 0 Å². The van der Waals surface area contributed by atoms with Gasteiger partial charge < -0.3 is 9.47 Å². The zero-order valence-corrected chi connectivity index (χ0v) is 11.5. The fraction of sp³-hybridized carbons (Fsp3) is 0.615. The van der Waals surface area contributed by atoms with Gasteiger partial charge in [0.2, 0.25) is 0 Å². The van der Waals surface area contributed by atoms with Crippen molar-refractivity contribution < 1.29 is 37.0 Å². The summed E-state index contributed by atoms with van der Waals surface area (Å²) < 4.78 is 48.3. The molecule has 2 atom stereocenters. The van der Waals surface area contributed by atoms with Crippen molar-refractivity contribution in [2.75, 3.05) is 13.2 Å². The monoisotopic (exact) mass is 308 g/mol. The van der Waals surface area contributed by atoms with Crippen molar-refractivity contribution in [3.05, 3.63) is 11.6 Å². The minimum absolute atomic E-state index is 0.0653. The molecule has 0 aromatic heterocycles. The Bertz CT molecular complexity index is 467. The maximum absolute atomic E-state index is 13.0. The van der Waals surface area contributed by atoms with E-state index in [1.807, 2.05) is 0 Å². The number of hydrogen-bond donors (Lipinski definition) is 0. The quantitative estimate of drug-likeness (QED) is 0.741. The molecule has 0 radical (unpaired) electrons. The molecule has 0 amide bonds. The van der Waals surface area contributed by atoms with Gasteiger partial charge in [-0.2, -0.15) is 13.2 Å². The zero-order chi connectivity index (χ0) is 16.2. The van der Waals surface area contributed by atoms with Crippen LogP contribution < -0.4 is 0 Å². The van der Waals surface area contributed by atoms with E-state index in [9.17, 15) is 27.6 Å². The van der Waals surface area contributed by atoms with Crippen molar-refractivity contribution in [1.29, 1.82) is 0 Å². The highest BCUT2D eigenvalue weighted by molar-refractivity contribution is 5.99. The molecule has 0 fully saturated rings. The van der Waals surface area contributed by atoms with Crippen molar-refractivity contribution in [2.45, 2.75) is 26.4 Å². The molecular weight excluding hydrogens is 293 g/mol. The Morgan fingerprint density at radius 3 is 2.19 bits per heavy atom. The van der Waals surface area contributed by atoms with Crippen LogP contribution in [0.1, 0.15) is 20.3 Å². The second kappa shape index (κ2) is 6.73. The summed E-state index contributed by atoms with van der Waals surface area (Å²) in [4.78, 5) is 35.0. The molecule has 2 unspecified atom stereocenters. The van der Waals surface area contributed by atoms with Gasteiger partial charge >= 0.3 is 18.1 Å². The van der Waals surface area contributed by atoms with Crippen LogP contribution in [0.4, 0.5) is 13.2 Å². The number of hydrogen-bond acceptors (Lipinski definition) is 5. The van der Waals surface area contributed by atoms with Gasteiger partial charge in [0.05, 0.1) is 24.7 Å². The molecule has 0 aromatic carbocycles. The van der Waals surface area contributed by atoms with Gasteiger partial charge in [-0.1, -0.05) is 0 Å². The van der Waals surface area contributed by atoms with Gasteiger partial charge in [0.15, 0.2) is 5.78 Å². The Balaban J connectivity index is 3.24. The second-order valence-electron chi connectivity index (χ2n) is 4.36. The van der Waals surface area contributed by atoms with Crippen molar-refractivity contribution >= 4 is 17.7 Å². The molecular formula is C13H15F3O5. The molecule has 8 heteroatoms. The van der Waals surface area contributed by atoms with Crippen LogP contribution in [0.3, 0.4) is 0 Å². The second-order valence-corrected chi connectivity index (χ2v) is 4.36. The van der Waals surface area contributed by atoms with E-state index in [4.69, 9.17) is 0 Å². The molecule has 0 saturated carbocycles. The lowest BCUT2D eigenvalue weighted by Crippen LogP contribution is -2.41. The smallest absolute Gasteiger partial charge is 0.413 e. The molecule has 5 nitrogen and oxygen atoms in total. The van der Waals surface area contributed by atoms with Gasteiger partial charge in [-0.3, -0.25) is 14.4 Å². The zero-order valence-electron chi connectivity index (χ0n) is 11.5. The van der Waals surface area contributed by atoms with E-state index in [0.29, 0.717) is 6.08 Å². The standard InChI is InChI=1S/C13H15F3O5/c1-3-20-11(18)8-5-7(17)6-9(13(14,15)16)10(8)12(19)21-4-2/h6,8,10H,3-5H2,1-2H3. The third-order valence-corrected chi connectivity index (χ3v) is 2.93. The highest BCUT2D eigenvalue weighted by atomic mass is 19.4. The van der Waals surface area contributed by atoms with Gasteiger partial charge in [-0.25, -0.2) is 0 Å². The number of carbonyl (C=O) groups is 3. The molecule has 0 aromatic rings. The van der Waals surface area contributed by atoms with E-state index < -0.39 is 47.7 Å². The van der Waals surface area contributed by atoms with E-state index in [2.05, 4.69) is 9.47 Å². The number of ketones is 1. The summed E-state index contributed by atoms with van der Waals surface area (Å²) in [5.41, 5.74) is -1.37. The first-order valence-electron chi connectivity index (χ1n) is 6.37. The Hall–Kier alpha value is -1.86. The van der Waals surface area contributed by atoms with Crippen molar-refractivity contribution in [3.8, 4) is 0 Å². The van der Waals surface area contributed by atoms with Crippen molar-refractivity contribution in [1.82, 2.24) is 0 Å². The summed E-state index contributed by atoms with van der Waals surface area (Å²) in [6.45, 7) is 2.71. The number of alkyl halides is 3. The Morgan fingerprint density at radius 1 is 1.19 bits per heavy atom. The van der Waals surface area contributed by atoms with Crippen LogP contribution in [-0.4, -0.2) is 37.1 Å². The Labute approximate surface area is 119 Å². The molecule has 0 saturated heterocycles. The number of halogens is 3. The fourth-order valence-corrected chi connectivity index (χ4v) is 2.12. The maximum Gasteiger partial charge on any atom is 0.413 e. The first-order valence-corrected chi connectivity index (χ1v) is 6.37. The van der Waals surface area contributed by atoms with Crippen LogP contribution in [0.2, 0.25) is 0 Å². The normalized spacial score (nSPS) is 22.5.